The molecular weight excluding hydrogens is 264 g/mol. The zero-order valence-corrected chi connectivity index (χ0v) is 12.4. The molecule has 0 fully saturated rings. The molecule has 1 aromatic carbocycles. The van der Waals surface area contributed by atoms with Gasteiger partial charge in [0, 0.05) is 18.3 Å². The molecule has 5 heteroatoms. The lowest BCUT2D eigenvalue weighted by Crippen LogP contribution is -2.25. The molecule has 1 heterocycles. The number of benzene rings is 1. The number of unbranched alkanes of at least 4 members (excludes halogenated alkanes) is 1. The SMILES string of the molecule is CCCCNC(=O)c1cnc(-c2ccccc2C)nc1N. The molecule has 0 spiro atoms. The molecule has 0 aliphatic heterocycles. The van der Waals surface area contributed by atoms with Crippen molar-refractivity contribution in [3.63, 3.8) is 0 Å². The van der Waals surface area contributed by atoms with Gasteiger partial charge in [-0.1, -0.05) is 37.6 Å². The Balaban J connectivity index is 2.22. The van der Waals surface area contributed by atoms with Gasteiger partial charge in [-0.15, -0.1) is 0 Å². The lowest BCUT2D eigenvalue weighted by Gasteiger charge is -2.09. The van der Waals surface area contributed by atoms with Crippen LogP contribution in [0.25, 0.3) is 11.4 Å². The molecule has 110 valence electrons. The molecule has 0 saturated heterocycles. The van der Waals surface area contributed by atoms with Crippen LogP contribution in [-0.4, -0.2) is 22.4 Å². The van der Waals surface area contributed by atoms with Crippen molar-refractivity contribution in [3.05, 3.63) is 41.6 Å². The fraction of sp³-hybridized carbons (Fsp3) is 0.312. The summed E-state index contributed by atoms with van der Waals surface area (Å²) < 4.78 is 0. The number of nitrogens with zero attached hydrogens (tertiary/aromatic N) is 2. The average molecular weight is 284 g/mol. The van der Waals surface area contributed by atoms with E-state index in [2.05, 4.69) is 22.2 Å². The Morgan fingerprint density at radius 3 is 2.76 bits per heavy atom. The summed E-state index contributed by atoms with van der Waals surface area (Å²) in [5.41, 5.74) is 8.21. The quantitative estimate of drug-likeness (QED) is 0.827. The first-order valence-electron chi connectivity index (χ1n) is 7.10. The van der Waals surface area contributed by atoms with E-state index in [0.29, 0.717) is 17.9 Å². The van der Waals surface area contributed by atoms with Crippen molar-refractivity contribution in [2.24, 2.45) is 0 Å². The Morgan fingerprint density at radius 1 is 1.33 bits per heavy atom. The minimum Gasteiger partial charge on any atom is -0.383 e. The van der Waals surface area contributed by atoms with Crippen molar-refractivity contribution in [1.82, 2.24) is 15.3 Å². The maximum atomic E-state index is 12.0. The molecule has 0 atom stereocenters. The Morgan fingerprint density at radius 2 is 2.10 bits per heavy atom. The number of nitrogen functional groups attached to an aromatic ring is 1. The molecular formula is C16H20N4O. The second-order valence-corrected chi connectivity index (χ2v) is 4.92. The van der Waals surface area contributed by atoms with E-state index in [9.17, 15) is 4.79 Å². The van der Waals surface area contributed by atoms with Gasteiger partial charge in [0.1, 0.15) is 5.82 Å². The second kappa shape index (κ2) is 6.83. The summed E-state index contributed by atoms with van der Waals surface area (Å²) in [7, 11) is 0. The highest BCUT2D eigenvalue weighted by atomic mass is 16.1. The molecule has 0 aliphatic carbocycles. The third-order valence-corrected chi connectivity index (χ3v) is 3.26. The highest BCUT2D eigenvalue weighted by Crippen LogP contribution is 2.20. The summed E-state index contributed by atoms with van der Waals surface area (Å²) in [6, 6.07) is 7.80. The monoisotopic (exact) mass is 284 g/mol. The first kappa shape index (κ1) is 15.0. The topological polar surface area (TPSA) is 80.9 Å². The molecule has 3 N–H and O–H groups in total. The van der Waals surface area contributed by atoms with Crippen molar-refractivity contribution >= 4 is 11.7 Å². The number of nitrogens with one attached hydrogen (secondary N) is 1. The lowest BCUT2D eigenvalue weighted by molar-refractivity contribution is 0.0953. The molecule has 0 aliphatic rings. The summed E-state index contributed by atoms with van der Waals surface area (Å²) in [6.45, 7) is 4.69. The maximum absolute atomic E-state index is 12.0. The van der Waals surface area contributed by atoms with Crippen LogP contribution in [0, 0.1) is 6.92 Å². The number of anilines is 1. The summed E-state index contributed by atoms with van der Waals surface area (Å²) in [4.78, 5) is 20.5. The van der Waals surface area contributed by atoms with Crippen molar-refractivity contribution in [2.45, 2.75) is 26.7 Å². The van der Waals surface area contributed by atoms with Crippen LogP contribution in [0.5, 0.6) is 0 Å². The highest BCUT2D eigenvalue weighted by molar-refractivity contribution is 5.98. The predicted octanol–water partition coefficient (Wildman–Crippen LogP) is 2.56. The van der Waals surface area contributed by atoms with Crippen molar-refractivity contribution < 1.29 is 4.79 Å². The van der Waals surface area contributed by atoms with Crippen LogP contribution >= 0.6 is 0 Å². The number of rotatable bonds is 5. The van der Waals surface area contributed by atoms with E-state index in [1.54, 1.807) is 0 Å². The maximum Gasteiger partial charge on any atom is 0.256 e. The van der Waals surface area contributed by atoms with Gasteiger partial charge in [-0.2, -0.15) is 0 Å². The van der Waals surface area contributed by atoms with Gasteiger partial charge in [0.2, 0.25) is 0 Å². The van der Waals surface area contributed by atoms with Crippen LogP contribution in [0.1, 0.15) is 35.7 Å². The lowest BCUT2D eigenvalue weighted by atomic mass is 10.1. The van der Waals surface area contributed by atoms with E-state index >= 15 is 0 Å². The van der Waals surface area contributed by atoms with Gasteiger partial charge >= 0.3 is 0 Å². The molecule has 2 aromatic rings. The average Bonchev–Trinajstić information content (AvgIpc) is 2.47. The fourth-order valence-electron chi connectivity index (χ4n) is 2.00. The van der Waals surface area contributed by atoms with Crippen molar-refractivity contribution in [1.29, 1.82) is 0 Å². The van der Waals surface area contributed by atoms with Crippen LogP contribution in [-0.2, 0) is 0 Å². The minimum absolute atomic E-state index is 0.206. The van der Waals surface area contributed by atoms with Crippen LogP contribution in [0.4, 0.5) is 5.82 Å². The zero-order chi connectivity index (χ0) is 15.2. The van der Waals surface area contributed by atoms with E-state index in [-0.39, 0.29) is 11.7 Å². The largest absolute Gasteiger partial charge is 0.383 e. The van der Waals surface area contributed by atoms with E-state index in [1.807, 2.05) is 31.2 Å². The second-order valence-electron chi connectivity index (χ2n) is 4.92. The minimum atomic E-state index is -0.225. The number of amides is 1. The summed E-state index contributed by atoms with van der Waals surface area (Å²) in [5, 5.41) is 2.81. The Kier molecular flexibility index (Phi) is 4.87. The van der Waals surface area contributed by atoms with Gasteiger partial charge in [-0.05, 0) is 18.9 Å². The molecule has 0 radical (unpaired) electrons. The van der Waals surface area contributed by atoms with Gasteiger partial charge in [-0.3, -0.25) is 4.79 Å². The third-order valence-electron chi connectivity index (χ3n) is 3.26. The smallest absolute Gasteiger partial charge is 0.256 e. The molecule has 0 bridgehead atoms. The first-order chi connectivity index (χ1) is 10.1. The molecule has 5 nitrogen and oxygen atoms in total. The molecule has 1 amide bonds. The van der Waals surface area contributed by atoms with Crippen LogP contribution in [0.3, 0.4) is 0 Å². The van der Waals surface area contributed by atoms with Crippen LogP contribution in [0.2, 0.25) is 0 Å². The Bertz CT molecular complexity index is 640. The number of nitrogens with two attached hydrogens (primary N) is 1. The Labute approximate surface area is 124 Å². The first-order valence-corrected chi connectivity index (χ1v) is 7.10. The summed E-state index contributed by atoms with van der Waals surface area (Å²) in [6.07, 6.45) is 3.46. The molecule has 0 unspecified atom stereocenters. The normalized spacial score (nSPS) is 10.4. The van der Waals surface area contributed by atoms with Crippen molar-refractivity contribution in [3.8, 4) is 11.4 Å². The van der Waals surface area contributed by atoms with Gasteiger partial charge in [0.25, 0.3) is 5.91 Å². The number of carbonyl (C=O) groups excluding carboxylic acids is 1. The standard InChI is InChI=1S/C16H20N4O/c1-3-4-9-18-16(21)13-10-19-15(20-14(13)17)12-8-6-5-7-11(12)2/h5-8,10H,3-4,9H2,1-2H3,(H,18,21)(H2,17,19,20). The highest BCUT2D eigenvalue weighted by Gasteiger charge is 2.13. The van der Waals surface area contributed by atoms with Gasteiger partial charge in [0.15, 0.2) is 5.82 Å². The summed E-state index contributed by atoms with van der Waals surface area (Å²) in [5.74, 6) is 0.519. The molecule has 2 rings (SSSR count). The zero-order valence-electron chi connectivity index (χ0n) is 12.4. The number of aromatic nitrogens is 2. The predicted molar refractivity (Wildman–Crippen MR) is 83.9 cm³/mol. The summed E-state index contributed by atoms with van der Waals surface area (Å²) >= 11 is 0. The molecule has 0 saturated carbocycles. The number of hydrogen-bond acceptors (Lipinski definition) is 4. The van der Waals surface area contributed by atoms with Gasteiger partial charge in [-0.25, -0.2) is 9.97 Å². The van der Waals surface area contributed by atoms with E-state index in [0.717, 1.165) is 24.0 Å². The van der Waals surface area contributed by atoms with Crippen LogP contribution in [0.15, 0.2) is 30.5 Å². The number of aryl methyl sites for hydroxylation is 1. The van der Waals surface area contributed by atoms with E-state index in [4.69, 9.17) is 5.73 Å². The molecule has 21 heavy (non-hydrogen) atoms. The Hall–Kier alpha value is -2.43. The van der Waals surface area contributed by atoms with Gasteiger partial charge < -0.3 is 11.1 Å². The van der Waals surface area contributed by atoms with Gasteiger partial charge in [0.05, 0.1) is 5.56 Å². The number of hydrogen-bond donors (Lipinski definition) is 2. The third kappa shape index (κ3) is 3.56. The van der Waals surface area contributed by atoms with Crippen molar-refractivity contribution in [2.75, 3.05) is 12.3 Å². The van der Waals surface area contributed by atoms with E-state index < -0.39 is 0 Å². The number of carbonyl (C=O) groups is 1. The van der Waals surface area contributed by atoms with Crippen LogP contribution < -0.4 is 11.1 Å². The molecule has 1 aromatic heterocycles. The van der Waals surface area contributed by atoms with E-state index in [1.165, 1.54) is 6.20 Å². The fourth-order valence-corrected chi connectivity index (χ4v) is 2.00.